The van der Waals surface area contributed by atoms with Gasteiger partial charge in [-0.25, -0.2) is 18.2 Å². The fourth-order valence-electron chi connectivity index (χ4n) is 4.58. The summed E-state index contributed by atoms with van der Waals surface area (Å²) >= 11 is 0. The van der Waals surface area contributed by atoms with Gasteiger partial charge in [-0.05, 0) is 38.1 Å². The predicted octanol–water partition coefficient (Wildman–Crippen LogP) is 2.95. The van der Waals surface area contributed by atoms with Gasteiger partial charge in [-0.1, -0.05) is 0 Å². The first kappa shape index (κ1) is 21.8. The van der Waals surface area contributed by atoms with E-state index in [4.69, 9.17) is 4.74 Å². The van der Waals surface area contributed by atoms with E-state index in [-0.39, 0.29) is 23.1 Å². The number of likely N-dealkylation sites (N-methyl/N-ethyl adjacent to an activating group) is 1. The van der Waals surface area contributed by atoms with Crippen LogP contribution in [-0.2, 0) is 0 Å². The number of piperidine rings is 1. The Hall–Kier alpha value is -3.67. The van der Waals surface area contributed by atoms with Crippen LogP contribution >= 0.6 is 0 Å². The molecule has 0 atom stereocenters. The number of nitrogens with one attached hydrogen (secondary N) is 2. The van der Waals surface area contributed by atoms with Crippen molar-refractivity contribution in [2.75, 3.05) is 50.1 Å². The molecular formula is C23H23F3N8O. The second-order valence-electron chi connectivity index (χ2n) is 8.96. The molecule has 5 heterocycles. The van der Waals surface area contributed by atoms with Crippen LogP contribution in [-0.4, -0.2) is 70.3 Å². The molecule has 1 saturated heterocycles. The summed E-state index contributed by atoms with van der Waals surface area (Å²) in [6.45, 7) is 2.33. The molecule has 2 aliphatic rings. The van der Waals surface area contributed by atoms with E-state index in [1.54, 1.807) is 6.20 Å². The highest BCUT2D eigenvalue weighted by Crippen LogP contribution is 2.35. The highest BCUT2D eigenvalue weighted by atomic mass is 19.2. The Morgan fingerprint density at radius 2 is 2.03 bits per heavy atom. The van der Waals surface area contributed by atoms with E-state index in [0.717, 1.165) is 18.3 Å². The predicted molar refractivity (Wildman–Crippen MR) is 125 cm³/mol. The fourth-order valence-corrected chi connectivity index (χ4v) is 4.58. The molecule has 4 aromatic rings. The van der Waals surface area contributed by atoms with Gasteiger partial charge in [0.1, 0.15) is 23.7 Å². The Labute approximate surface area is 198 Å². The summed E-state index contributed by atoms with van der Waals surface area (Å²) in [5.74, 6) is -1.16. The minimum atomic E-state index is -1.45. The highest BCUT2D eigenvalue weighted by molar-refractivity contribution is 5.92. The molecule has 0 radical (unpaired) electrons. The lowest BCUT2D eigenvalue weighted by Gasteiger charge is -2.30. The van der Waals surface area contributed by atoms with Gasteiger partial charge in [0, 0.05) is 25.0 Å². The maximum Gasteiger partial charge on any atom is 0.222 e. The van der Waals surface area contributed by atoms with Crippen molar-refractivity contribution >= 4 is 27.9 Å². The molecule has 6 rings (SSSR count). The number of anilines is 2. The van der Waals surface area contributed by atoms with Crippen LogP contribution in [0.25, 0.3) is 28.1 Å². The molecule has 0 aliphatic carbocycles. The third kappa shape index (κ3) is 3.68. The van der Waals surface area contributed by atoms with Crippen LogP contribution in [0.5, 0.6) is 5.75 Å². The first-order valence-corrected chi connectivity index (χ1v) is 11.4. The number of rotatable bonds is 4. The number of ether oxygens (including phenoxy) is 1. The molecule has 0 saturated carbocycles. The van der Waals surface area contributed by atoms with Crippen molar-refractivity contribution in [2.24, 2.45) is 0 Å². The van der Waals surface area contributed by atoms with E-state index in [1.165, 1.54) is 16.6 Å². The molecule has 9 nitrogen and oxygen atoms in total. The van der Waals surface area contributed by atoms with E-state index >= 15 is 4.39 Å². The van der Waals surface area contributed by atoms with Gasteiger partial charge in [-0.2, -0.15) is 9.61 Å². The molecule has 35 heavy (non-hydrogen) atoms. The number of pyridine rings is 1. The van der Waals surface area contributed by atoms with Crippen molar-refractivity contribution in [3.63, 3.8) is 0 Å². The van der Waals surface area contributed by atoms with E-state index in [9.17, 15) is 8.78 Å². The van der Waals surface area contributed by atoms with Crippen molar-refractivity contribution in [3.05, 3.63) is 36.0 Å². The molecule has 3 aromatic heterocycles. The molecule has 2 aliphatic heterocycles. The molecular weight excluding hydrogens is 461 g/mol. The summed E-state index contributed by atoms with van der Waals surface area (Å²) in [4.78, 5) is 6.58. The van der Waals surface area contributed by atoms with Gasteiger partial charge in [0.15, 0.2) is 17.4 Å². The maximum atomic E-state index is 15.1. The Balaban J connectivity index is 1.42. The lowest BCUT2D eigenvalue weighted by molar-refractivity contribution is 0.131. The van der Waals surface area contributed by atoms with Crippen molar-refractivity contribution < 1.29 is 17.9 Å². The topological polar surface area (TPSA) is 92.5 Å². The summed E-state index contributed by atoms with van der Waals surface area (Å²) < 4.78 is 51.4. The average molecular weight is 484 g/mol. The number of benzene rings is 1. The lowest BCUT2D eigenvalue weighted by Crippen LogP contribution is -2.43. The van der Waals surface area contributed by atoms with Crippen LogP contribution < -0.4 is 20.3 Å². The van der Waals surface area contributed by atoms with Gasteiger partial charge in [-0.15, -0.1) is 10.2 Å². The van der Waals surface area contributed by atoms with Crippen LogP contribution in [0, 0.1) is 11.6 Å². The Bertz CT molecular complexity index is 1440. The van der Waals surface area contributed by atoms with Gasteiger partial charge < -0.3 is 20.3 Å². The fraction of sp³-hybridized carbons (Fsp3) is 0.391. The third-order valence-electron chi connectivity index (χ3n) is 6.65. The number of halogens is 3. The molecule has 0 amide bonds. The molecule has 1 fully saturated rings. The minimum absolute atomic E-state index is 0.0152. The largest absolute Gasteiger partial charge is 0.486 e. The van der Waals surface area contributed by atoms with Crippen LogP contribution in [0.1, 0.15) is 12.8 Å². The summed E-state index contributed by atoms with van der Waals surface area (Å²) in [5, 5.41) is 19.0. The van der Waals surface area contributed by atoms with Crippen LogP contribution in [0.4, 0.5) is 24.5 Å². The standard InChI is InChI=1S/C23H23F3N8O/c1-33-8-9-35-20-17(33)11-29-34-21(31-32-22(20)34)15-3-2-13-18(25)14(24)10-16(19(13)30-15)28-12-23(26)4-6-27-7-5-23/h2-3,10-11,27-28H,4-9,12H2,1H3. The summed E-state index contributed by atoms with van der Waals surface area (Å²) in [6.07, 6.45) is 2.33. The zero-order valence-electron chi connectivity index (χ0n) is 19.0. The molecule has 0 unspecified atom stereocenters. The zero-order valence-corrected chi connectivity index (χ0v) is 19.0. The average Bonchev–Trinajstić information content (AvgIpc) is 3.31. The van der Waals surface area contributed by atoms with E-state index in [0.29, 0.717) is 55.5 Å². The first-order valence-electron chi connectivity index (χ1n) is 11.4. The van der Waals surface area contributed by atoms with Crippen molar-refractivity contribution in [1.29, 1.82) is 0 Å². The third-order valence-corrected chi connectivity index (χ3v) is 6.65. The lowest BCUT2D eigenvalue weighted by atomic mass is 9.94. The smallest absolute Gasteiger partial charge is 0.222 e. The highest BCUT2D eigenvalue weighted by Gasteiger charge is 2.32. The van der Waals surface area contributed by atoms with E-state index in [2.05, 4.69) is 30.9 Å². The van der Waals surface area contributed by atoms with Gasteiger partial charge >= 0.3 is 0 Å². The van der Waals surface area contributed by atoms with Gasteiger partial charge in [0.25, 0.3) is 0 Å². The number of hydrogen-bond acceptors (Lipinski definition) is 8. The normalized spacial score (nSPS) is 17.4. The number of fused-ring (bicyclic) bond motifs is 4. The molecule has 0 spiro atoms. The second-order valence-corrected chi connectivity index (χ2v) is 8.96. The quantitative estimate of drug-likeness (QED) is 0.457. The Morgan fingerprint density at radius 3 is 2.86 bits per heavy atom. The van der Waals surface area contributed by atoms with Gasteiger partial charge in [0.05, 0.1) is 23.9 Å². The van der Waals surface area contributed by atoms with Crippen molar-refractivity contribution in [1.82, 2.24) is 30.1 Å². The molecule has 2 N–H and O–H groups in total. The summed E-state index contributed by atoms with van der Waals surface area (Å²) in [7, 11) is 1.94. The SMILES string of the molecule is CN1CCOc2c1cnn1c(-c3ccc4c(F)c(F)cc(NCC5(F)CCNCC5)c4n3)nnc21. The monoisotopic (exact) mass is 484 g/mol. The van der Waals surface area contributed by atoms with Crippen molar-refractivity contribution in [2.45, 2.75) is 18.5 Å². The van der Waals surface area contributed by atoms with Gasteiger partial charge in [0.2, 0.25) is 11.5 Å². The Morgan fingerprint density at radius 1 is 1.20 bits per heavy atom. The summed E-state index contributed by atoms with van der Waals surface area (Å²) in [5.41, 5.74) is 0.521. The zero-order chi connectivity index (χ0) is 24.2. The molecule has 1 aromatic carbocycles. The number of hydrogen-bond donors (Lipinski definition) is 2. The maximum absolute atomic E-state index is 15.1. The molecule has 182 valence electrons. The van der Waals surface area contributed by atoms with Crippen LogP contribution in [0.3, 0.4) is 0 Å². The minimum Gasteiger partial charge on any atom is -0.486 e. The number of aromatic nitrogens is 5. The van der Waals surface area contributed by atoms with E-state index in [1.807, 2.05) is 11.9 Å². The number of nitrogens with zero attached hydrogens (tertiary/aromatic N) is 6. The summed E-state index contributed by atoms with van der Waals surface area (Å²) in [6, 6.07) is 3.97. The second kappa shape index (κ2) is 8.22. The van der Waals surface area contributed by atoms with Crippen LogP contribution in [0.2, 0.25) is 0 Å². The molecule has 0 bridgehead atoms. The van der Waals surface area contributed by atoms with Crippen molar-refractivity contribution in [3.8, 4) is 17.3 Å². The van der Waals surface area contributed by atoms with Gasteiger partial charge in [-0.3, -0.25) is 0 Å². The number of alkyl halides is 1. The first-order chi connectivity index (χ1) is 16.9. The van der Waals surface area contributed by atoms with Crippen LogP contribution in [0.15, 0.2) is 24.4 Å². The van der Waals surface area contributed by atoms with E-state index < -0.39 is 17.3 Å². The molecule has 12 heteroatoms. The Kier molecular flexibility index (Phi) is 5.13.